The van der Waals surface area contributed by atoms with Gasteiger partial charge < -0.3 is 0 Å². The Balaban J connectivity index is 2.40. The molecular weight excluding hydrogens is 217 g/mol. The molecule has 0 bridgehead atoms. The van der Waals surface area contributed by atoms with E-state index in [4.69, 9.17) is 0 Å². The average molecular weight is 232 g/mol. The number of alkyl halides is 3. The molecule has 16 heavy (non-hydrogen) atoms. The van der Waals surface area contributed by atoms with Crippen LogP contribution in [0.25, 0.3) is 0 Å². The molecule has 0 atom stereocenters. The minimum atomic E-state index is -4.33. The SMILES string of the molecule is Cc1c(C(F)(F)F)nn(C2CCCC2)c1C. The number of nitrogens with zero attached hydrogens (tertiary/aromatic N) is 2. The summed E-state index contributed by atoms with van der Waals surface area (Å²) < 4.78 is 39.5. The van der Waals surface area contributed by atoms with E-state index in [1.54, 1.807) is 11.6 Å². The highest BCUT2D eigenvalue weighted by Crippen LogP contribution is 2.36. The zero-order valence-corrected chi connectivity index (χ0v) is 9.43. The summed E-state index contributed by atoms with van der Waals surface area (Å²) in [6, 6.07) is 0.162. The largest absolute Gasteiger partial charge is 0.435 e. The average Bonchev–Trinajstić information content (AvgIpc) is 2.75. The van der Waals surface area contributed by atoms with E-state index < -0.39 is 11.9 Å². The Bertz CT molecular complexity index is 387. The Morgan fingerprint density at radius 2 is 1.75 bits per heavy atom. The summed E-state index contributed by atoms with van der Waals surface area (Å²) in [6.07, 6.45) is -0.272. The molecule has 0 N–H and O–H groups in total. The number of hydrogen-bond donors (Lipinski definition) is 0. The Morgan fingerprint density at radius 1 is 1.19 bits per heavy atom. The van der Waals surface area contributed by atoms with Crippen molar-refractivity contribution in [2.75, 3.05) is 0 Å². The van der Waals surface area contributed by atoms with E-state index in [0.717, 1.165) is 25.7 Å². The van der Waals surface area contributed by atoms with Gasteiger partial charge in [-0.2, -0.15) is 18.3 Å². The van der Waals surface area contributed by atoms with Crippen LogP contribution in [0.15, 0.2) is 0 Å². The van der Waals surface area contributed by atoms with E-state index in [9.17, 15) is 13.2 Å². The first kappa shape index (κ1) is 11.5. The van der Waals surface area contributed by atoms with Gasteiger partial charge in [0.2, 0.25) is 0 Å². The summed E-state index contributed by atoms with van der Waals surface area (Å²) in [5.74, 6) is 0. The Labute approximate surface area is 92.4 Å². The molecule has 1 aliphatic carbocycles. The Hall–Kier alpha value is -1.00. The van der Waals surface area contributed by atoms with Crippen molar-refractivity contribution in [1.29, 1.82) is 0 Å². The van der Waals surface area contributed by atoms with Crippen LogP contribution in [0.5, 0.6) is 0 Å². The number of aromatic nitrogens is 2. The van der Waals surface area contributed by atoms with Gasteiger partial charge in [0.25, 0.3) is 0 Å². The fraction of sp³-hybridized carbons (Fsp3) is 0.727. The van der Waals surface area contributed by atoms with Crippen molar-refractivity contribution in [3.63, 3.8) is 0 Å². The summed E-state index contributed by atoms with van der Waals surface area (Å²) in [6.45, 7) is 3.21. The van der Waals surface area contributed by atoms with Crippen LogP contribution in [0.2, 0.25) is 0 Å². The van der Waals surface area contributed by atoms with Crippen molar-refractivity contribution >= 4 is 0 Å². The molecule has 0 unspecified atom stereocenters. The van der Waals surface area contributed by atoms with Crippen molar-refractivity contribution in [3.8, 4) is 0 Å². The van der Waals surface area contributed by atoms with Crippen molar-refractivity contribution in [2.24, 2.45) is 0 Å². The summed E-state index contributed by atoms with van der Waals surface area (Å²) in [7, 11) is 0. The van der Waals surface area contributed by atoms with Crippen molar-refractivity contribution in [2.45, 2.75) is 51.7 Å². The molecule has 1 fully saturated rings. The second-order valence-corrected chi connectivity index (χ2v) is 4.44. The monoisotopic (exact) mass is 232 g/mol. The topological polar surface area (TPSA) is 17.8 Å². The van der Waals surface area contributed by atoms with Crippen molar-refractivity contribution in [1.82, 2.24) is 9.78 Å². The molecule has 5 heteroatoms. The minimum Gasteiger partial charge on any atom is -0.266 e. The van der Waals surface area contributed by atoms with Crippen LogP contribution in [-0.2, 0) is 6.18 Å². The van der Waals surface area contributed by atoms with Crippen LogP contribution in [0.1, 0.15) is 48.7 Å². The smallest absolute Gasteiger partial charge is 0.266 e. The van der Waals surface area contributed by atoms with Crippen LogP contribution in [0, 0.1) is 13.8 Å². The predicted molar refractivity (Wildman–Crippen MR) is 54.2 cm³/mol. The van der Waals surface area contributed by atoms with Gasteiger partial charge in [-0.05, 0) is 26.7 Å². The van der Waals surface area contributed by atoms with Gasteiger partial charge in [-0.25, -0.2) is 0 Å². The van der Waals surface area contributed by atoms with Gasteiger partial charge >= 0.3 is 6.18 Å². The lowest BCUT2D eigenvalue weighted by molar-refractivity contribution is -0.142. The number of hydrogen-bond acceptors (Lipinski definition) is 1. The molecule has 0 amide bonds. The third kappa shape index (κ3) is 1.83. The maximum atomic E-state index is 12.7. The van der Waals surface area contributed by atoms with E-state index in [1.165, 1.54) is 6.92 Å². The third-order valence-electron chi connectivity index (χ3n) is 3.39. The van der Waals surface area contributed by atoms with Crippen LogP contribution < -0.4 is 0 Å². The van der Waals surface area contributed by atoms with Crippen LogP contribution >= 0.6 is 0 Å². The van der Waals surface area contributed by atoms with Gasteiger partial charge in [0.1, 0.15) is 0 Å². The van der Waals surface area contributed by atoms with Crippen LogP contribution in [0.4, 0.5) is 13.2 Å². The second-order valence-electron chi connectivity index (χ2n) is 4.44. The lowest BCUT2D eigenvalue weighted by atomic mass is 10.2. The van der Waals surface area contributed by atoms with Gasteiger partial charge in [0.05, 0.1) is 6.04 Å². The summed E-state index contributed by atoms with van der Waals surface area (Å²) >= 11 is 0. The maximum absolute atomic E-state index is 12.7. The molecule has 1 heterocycles. The van der Waals surface area contributed by atoms with Gasteiger partial charge in [0.15, 0.2) is 5.69 Å². The first-order chi connectivity index (χ1) is 7.41. The van der Waals surface area contributed by atoms with Gasteiger partial charge in [-0.1, -0.05) is 12.8 Å². The first-order valence-electron chi connectivity index (χ1n) is 5.54. The summed E-state index contributed by atoms with van der Waals surface area (Å²) in [5.41, 5.74) is 0.190. The molecule has 1 aromatic heterocycles. The fourth-order valence-electron chi connectivity index (χ4n) is 2.37. The molecule has 90 valence electrons. The van der Waals surface area contributed by atoms with E-state index in [1.807, 2.05) is 0 Å². The van der Waals surface area contributed by atoms with Crippen LogP contribution in [-0.4, -0.2) is 9.78 Å². The predicted octanol–water partition coefficient (Wildman–Crippen LogP) is 3.63. The molecule has 0 spiro atoms. The zero-order valence-electron chi connectivity index (χ0n) is 9.43. The first-order valence-corrected chi connectivity index (χ1v) is 5.54. The molecule has 1 saturated carbocycles. The van der Waals surface area contributed by atoms with Crippen molar-refractivity contribution in [3.05, 3.63) is 17.0 Å². The second kappa shape index (κ2) is 3.79. The molecular formula is C11H15F3N2. The van der Waals surface area contributed by atoms with E-state index in [-0.39, 0.29) is 11.6 Å². The third-order valence-corrected chi connectivity index (χ3v) is 3.39. The number of rotatable bonds is 1. The van der Waals surface area contributed by atoms with Crippen molar-refractivity contribution < 1.29 is 13.2 Å². The molecule has 1 aliphatic rings. The molecule has 0 aromatic carbocycles. The molecule has 2 rings (SSSR count). The highest BCUT2D eigenvalue weighted by Gasteiger charge is 2.38. The molecule has 0 saturated heterocycles. The normalized spacial score (nSPS) is 18.3. The molecule has 0 radical (unpaired) electrons. The highest BCUT2D eigenvalue weighted by atomic mass is 19.4. The lowest BCUT2D eigenvalue weighted by Crippen LogP contribution is -2.11. The fourth-order valence-corrected chi connectivity index (χ4v) is 2.37. The number of halogens is 3. The lowest BCUT2D eigenvalue weighted by Gasteiger charge is -2.12. The minimum absolute atomic E-state index is 0.162. The zero-order chi connectivity index (χ0) is 11.9. The van der Waals surface area contributed by atoms with E-state index in [0.29, 0.717) is 5.69 Å². The van der Waals surface area contributed by atoms with Gasteiger partial charge in [0, 0.05) is 11.3 Å². The van der Waals surface area contributed by atoms with Gasteiger partial charge in [-0.3, -0.25) is 4.68 Å². The Morgan fingerprint density at radius 3 is 2.19 bits per heavy atom. The quantitative estimate of drug-likeness (QED) is 0.722. The maximum Gasteiger partial charge on any atom is 0.435 e. The Kier molecular flexibility index (Phi) is 2.72. The van der Waals surface area contributed by atoms with Gasteiger partial charge in [-0.15, -0.1) is 0 Å². The van der Waals surface area contributed by atoms with E-state index in [2.05, 4.69) is 5.10 Å². The molecule has 2 nitrogen and oxygen atoms in total. The molecule has 0 aliphatic heterocycles. The molecule has 1 aromatic rings. The summed E-state index contributed by atoms with van der Waals surface area (Å²) in [4.78, 5) is 0. The standard InChI is InChI=1S/C11H15F3N2/c1-7-8(2)16(9-5-3-4-6-9)15-10(7)11(12,13)14/h9H,3-6H2,1-2H3. The van der Waals surface area contributed by atoms with Crippen LogP contribution in [0.3, 0.4) is 0 Å². The van der Waals surface area contributed by atoms with E-state index >= 15 is 0 Å². The highest BCUT2D eigenvalue weighted by molar-refractivity contribution is 5.26. The summed E-state index contributed by atoms with van der Waals surface area (Å²) in [5, 5.41) is 3.75.